The average Bonchev–Trinajstić information content (AvgIpc) is 3.50. The summed E-state index contributed by atoms with van der Waals surface area (Å²) >= 11 is 1.94. The molecule has 3 aliphatic rings. The molecule has 0 radical (unpaired) electrons. The molecule has 8 heteroatoms. The highest BCUT2D eigenvalue weighted by molar-refractivity contribution is 7.98. The molecule has 0 N–H and O–H groups in total. The van der Waals surface area contributed by atoms with E-state index in [9.17, 15) is 13.7 Å². The molecule has 3 aromatic rings. The summed E-state index contributed by atoms with van der Waals surface area (Å²) in [6.45, 7) is 5.17. The van der Waals surface area contributed by atoms with Gasteiger partial charge in [0.1, 0.15) is 0 Å². The van der Waals surface area contributed by atoms with Crippen molar-refractivity contribution in [2.75, 3.05) is 49.6 Å². The lowest BCUT2D eigenvalue weighted by Crippen LogP contribution is -2.54. The Balaban J connectivity index is 1.06. The van der Waals surface area contributed by atoms with Crippen LogP contribution in [0.15, 0.2) is 88.9 Å². The molecule has 3 heterocycles. The van der Waals surface area contributed by atoms with Gasteiger partial charge in [-0.2, -0.15) is 17.0 Å². The van der Waals surface area contributed by atoms with Crippen molar-refractivity contribution in [3.8, 4) is 6.07 Å². The Kier molecular flexibility index (Phi) is 9.13. The van der Waals surface area contributed by atoms with Crippen LogP contribution >= 0.6 is 11.8 Å². The summed E-state index contributed by atoms with van der Waals surface area (Å²) in [5.41, 5.74) is 1.92. The lowest BCUT2D eigenvalue weighted by Gasteiger charge is -2.48. The molecule has 3 atom stereocenters. The highest BCUT2D eigenvalue weighted by Crippen LogP contribution is 2.52. The number of nitriles is 1. The third kappa shape index (κ3) is 5.96. The number of pyridine rings is 1. The molecule has 0 spiro atoms. The van der Waals surface area contributed by atoms with Gasteiger partial charge < -0.3 is 9.80 Å². The Morgan fingerprint density at radius 2 is 1.60 bits per heavy atom. The molecule has 226 valence electrons. The normalized spacial score (nSPS) is 23.4. The minimum absolute atomic E-state index is 0.266. The predicted molar refractivity (Wildman–Crippen MR) is 174 cm³/mol. The number of thioether (sulfide) groups is 1. The van der Waals surface area contributed by atoms with E-state index in [1.807, 2.05) is 23.9 Å². The van der Waals surface area contributed by atoms with E-state index in [4.69, 9.17) is 0 Å². The van der Waals surface area contributed by atoms with Crippen LogP contribution in [-0.4, -0.2) is 63.0 Å². The van der Waals surface area contributed by atoms with Crippen molar-refractivity contribution in [2.45, 2.75) is 47.3 Å². The number of rotatable bonds is 10. The van der Waals surface area contributed by atoms with Gasteiger partial charge in [-0.05, 0) is 110 Å². The molecule has 6 nitrogen and oxygen atoms in total. The number of aromatic nitrogens is 1. The summed E-state index contributed by atoms with van der Waals surface area (Å²) in [4.78, 5) is 9.45. The second-order valence-electron chi connectivity index (χ2n) is 12.6. The van der Waals surface area contributed by atoms with Gasteiger partial charge in [0.2, 0.25) is 9.84 Å². The number of benzene rings is 2. The summed E-state index contributed by atoms with van der Waals surface area (Å²) in [6, 6.07) is 24.1. The first-order valence-electron chi connectivity index (χ1n) is 15.6. The summed E-state index contributed by atoms with van der Waals surface area (Å²) in [5.74, 6) is 3.21. The van der Waals surface area contributed by atoms with Crippen molar-refractivity contribution in [3.05, 3.63) is 84.7 Å². The molecule has 1 saturated carbocycles. The van der Waals surface area contributed by atoms with Gasteiger partial charge in [0.15, 0.2) is 0 Å². The zero-order valence-corrected chi connectivity index (χ0v) is 26.6. The summed E-state index contributed by atoms with van der Waals surface area (Å²) in [6.07, 6.45) is 11.0. The number of hydrogen-bond acceptors (Lipinski definition) is 7. The van der Waals surface area contributed by atoms with Crippen molar-refractivity contribution >= 4 is 27.3 Å². The Morgan fingerprint density at radius 3 is 2.26 bits per heavy atom. The maximum absolute atomic E-state index is 12.9. The lowest BCUT2D eigenvalue weighted by molar-refractivity contribution is 0.0937. The topological polar surface area (TPSA) is 77.3 Å². The Bertz CT molecular complexity index is 1500. The molecule has 1 aliphatic carbocycles. The largest absolute Gasteiger partial charge is 0.371 e. The quantitative estimate of drug-likeness (QED) is 0.265. The van der Waals surface area contributed by atoms with E-state index in [1.165, 1.54) is 49.4 Å². The first-order chi connectivity index (χ1) is 21.0. The molecular formula is C35H42N4O2S2. The number of nitrogens with zero attached hydrogens (tertiary/aromatic N) is 4. The van der Waals surface area contributed by atoms with Crippen LogP contribution in [0.2, 0.25) is 0 Å². The lowest BCUT2D eigenvalue weighted by atomic mass is 9.58. The van der Waals surface area contributed by atoms with E-state index in [-0.39, 0.29) is 4.90 Å². The molecule has 1 unspecified atom stereocenters. The highest BCUT2D eigenvalue weighted by atomic mass is 32.2. The van der Waals surface area contributed by atoms with Crippen molar-refractivity contribution in [3.63, 3.8) is 0 Å². The first kappa shape index (κ1) is 30.2. The van der Waals surface area contributed by atoms with Gasteiger partial charge in [0.05, 0.1) is 21.3 Å². The Labute approximate surface area is 261 Å². The first-order valence-corrected chi connectivity index (χ1v) is 18.5. The van der Waals surface area contributed by atoms with Crippen LogP contribution in [0.1, 0.15) is 37.7 Å². The molecule has 2 aromatic carbocycles. The molecule has 0 amide bonds. The molecule has 1 aromatic heterocycles. The van der Waals surface area contributed by atoms with Gasteiger partial charge in [-0.25, -0.2) is 8.42 Å². The van der Waals surface area contributed by atoms with E-state index in [2.05, 4.69) is 57.4 Å². The van der Waals surface area contributed by atoms with Gasteiger partial charge in [0.25, 0.3) is 0 Å². The van der Waals surface area contributed by atoms with Crippen molar-refractivity contribution < 1.29 is 8.42 Å². The molecule has 3 fully saturated rings. The maximum Gasteiger partial charge on any atom is 0.206 e. The zero-order chi connectivity index (χ0) is 29.9. The zero-order valence-electron chi connectivity index (χ0n) is 25.0. The monoisotopic (exact) mass is 614 g/mol. The van der Waals surface area contributed by atoms with Gasteiger partial charge >= 0.3 is 0 Å². The minimum Gasteiger partial charge on any atom is -0.371 e. The van der Waals surface area contributed by atoms with E-state index in [0.29, 0.717) is 28.6 Å². The van der Waals surface area contributed by atoms with Crippen molar-refractivity contribution in [2.24, 2.45) is 23.7 Å². The van der Waals surface area contributed by atoms with Gasteiger partial charge in [-0.3, -0.25) is 4.98 Å². The summed E-state index contributed by atoms with van der Waals surface area (Å²) in [5, 5.41) is 10.9. The fraction of sp³-hybridized carbons (Fsp3) is 0.486. The van der Waals surface area contributed by atoms with E-state index in [1.54, 1.807) is 12.1 Å². The minimum atomic E-state index is -3.53. The van der Waals surface area contributed by atoms with Crippen molar-refractivity contribution in [1.82, 2.24) is 9.88 Å². The maximum atomic E-state index is 12.9. The van der Waals surface area contributed by atoms with Gasteiger partial charge in [-0.1, -0.05) is 36.8 Å². The number of piperidine rings is 1. The number of likely N-dealkylation sites (tertiary alicyclic amines) is 1. The Morgan fingerprint density at radius 1 is 0.930 bits per heavy atom. The van der Waals surface area contributed by atoms with Gasteiger partial charge in [0, 0.05) is 43.6 Å². The van der Waals surface area contributed by atoms with Crippen LogP contribution in [-0.2, 0) is 15.3 Å². The van der Waals surface area contributed by atoms with Gasteiger partial charge in [-0.15, -0.1) is 0 Å². The van der Waals surface area contributed by atoms with E-state index in [0.717, 1.165) is 57.0 Å². The highest BCUT2D eigenvalue weighted by Gasteiger charge is 2.51. The fourth-order valence-corrected chi connectivity index (χ4v) is 10.2. The second-order valence-corrected chi connectivity index (χ2v) is 15.5. The SMILES string of the molecule is CSC[C@@H]1CCC[C@H]1C(C#N)(c1ccccc1)C1CCN(CC2CN(c3ccc(S(=O)(=O)c4ccncc4)cc3)C2)CC1. The van der Waals surface area contributed by atoms with Crippen LogP contribution in [0.4, 0.5) is 5.69 Å². The van der Waals surface area contributed by atoms with Crippen molar-refractivity contribution in [1.29, 1.82) is 5.26 Å². The summed E-state index contributed by atoms with van der Waals surface area (Å²) in [7, 11) is -3.53. The molecule has 2 saturated heterocycles. The van der Waals surface area contributed by atoms with Crippen LogP contribution in [0, 0.1) is 35.0 Å². The number of sulfone groups is 1. The molecular weight excluding hydrogens is 573 g/mol. The average molecular weight is 615 g/mol. The van der Waals surface area contributed by atoms with Crippen LogP contribution in [0.25, 0.3) is 0 Å². The molecule has 6 rings (SSSR count). The number of anilines is 1. The number of hydrogen-bond donors (Lipinski definition) is 0. The second kappa shape index (κ2) is 13.0. The third-order valence-electron chi connectivity index (χ3n) is 10.2. The molecule has 43 heavy (non-hydrogen) atoms. The van der Waals surface area contributed by atoms with E-state index >= 15 is 0 Å². The fourth-order valence-electron chi connectivity index (χ4n) is 8.08. The standard InChI is InChI=1S/C35H42N4O2S2/c1-42-25-28-6-5-9-34(28)35(26-36,29-7-3-2-4-8-29)30-16-20-38(21-17-30)22-27-23-39(24-27)31-10-12-32(13-11-31)43(40,41)33-14-18-37-19-15-33/h2-4,7-8,10-15,18-19,27-28,30,34H,5-6,9,16-17,20-25H2,1H3/t28-,34+,35?/m0/s1. The third-order valence-corrected chi connectivity index (χ3v) is 12.8. The van der Waals surface area contributed by atoms with Crippen LogP contribution in [0.5, 0.6) is 0 Å². The van der Waals surface area contributed by atoms with Crippen LogP contribution < -0.4 is 4.90 Å². The molecule has 2 aliphatic heterocycles. The predicted octanol–water partition coefficient (Wildman–Crippen LogP) is 6.30. The van der Waals surface area contributed by atoms with E-state index < -0.39 is 15.3 Å². The molecule has 0 bridgehead atoms. The van der Waals surface area contributed by atoms with Crippen LogP contribution in [0.3, 0.4) is 0 Å². The Hall–Kier alpha value is -2.86. The summed E-state index contributed by atoms with van der Waals surface area (Å²) < 4.78 is 25.8. The smallest absolute Gasteiger partial charge is 0.206 e.